The Bertz CT molecular complexity index is 1200. The normalized spacial score (nSPS) is 11.5. The van der Waals surface area contributed by atoms with Crippen molar-refractivity contribution in [2.24, 2.45) is 0 Å². The van der Waals surface area contributed by atoms with E-state index in [-0.39, 0.29) is 11.8 Å². The number of aromatic nitrogens is 3. The summed E-state index contributed by atoms with van der Waals surface area (Å²) in [7, 11) is 0. The predicted octanol–water partition coefficient (Wildman–Crippen LogP) is 5.80. The number of pyridine rings is 1. The van der Waals surface area contributed by atoms with E-state index in [2.05, 4.69) is 30.9 Å². The van der Waals surface area contributed by atoms with Gasteiger partial charge in [-0.2, -0.15) is 0 Å². The molecule has 0 spiro atoms. The molecule has 7 heteroatoms. The highest BCUT2D eigenvalue weighted by Crippen LogP contribution is 2.24. The molecule has 2 heterocycles. The summed E-state index contributed by atoms with van der Waals surface area (Å²) in [6, 6.07) is 24.9. The van der Waals surface area contributed by atoms with Crippen molar-refractivity contribution < 1.29 is 4.79 Å². The quantitative estimate of drug-likeness (QED) is 0.322. The number of nitrogens with one attached hydrogen (secondary N) is 3. The number of carbonyl (C=O) groups is 1. The highest BCUT2D eigenvalue weighted by molar-refractivity contribution is 5.96. The van der Waals surface area contributed by atoms with Crippen LogP contribution in [0.1, 0.15) is 30.7 Å². The van der Waals surface area contributed by atoms with Crippen LogP contribution in [-0.4, -0.2) is 20.9 Å². The van der Waals surface area contributed by atoms with Crippen molar-refractivity contribution in [1.29, 1.82) is 0 Å². The second-order valence-corrected chi connectivity index (χ2v) is 7.59. The molecule has 33 heavy (non-hydrogen) atoms. The van der Waals surface area contributed by atoms with Gasteiger partial charge in [0.25, 0.3) is 0 Å². The maximum absolute atomic E-state index is 12.8. The third-order valence-electron chi connectivity index (χ3n) is 5.11. The SMILES string of the molecule is CCC(C(=O)Nc1ccc(Nc2cc(Nc3ccccn3)nc(C)n2)cc1)c1ccccc1. The largest absolute Gasteiger partial charge is 0.340 e. The van der Waals surface area contributed by atoms with Crippen LogP contribution >= 0.6 is 0 Å². The number of aryl methyl sites for hydroxylation is 1. The molecule has 0 aliphatic heterocycles. The Hall–Kier alpha value is -4.26. The van der Waals surface area contributed by atoms with Gasteiger partial charge in [0, 0.05) is 23.6 Å². The Morgan fingerprint density at radius 2 is 1.48 bits per heavy atom. The predicted molar refractivity (Wildman–Crippen MR) is 132 cm³/mol. The first-order chi connectivity index (χ1) is 16.1. The number of amides is 1. The first-order valence-electron chi connectivity index (χ1n) is 10.9. The molecular formula is C26H26N6O. The summed E-state index contributed by atoms with van der Waals surface area (Å²) in [5.74, 6) is 2.46. The monoisotopic (exact) mass is 438 g/mol. The highest BCUT2D eigenvalue weighted by Gasteiger charge is 2.18. The van der Waals surface area contributed by atoms with E-state index in [9.17, 15) is 4.79 Å². The maximum atomic E-state index is 12.8. The standard InChI is InChI=1S/C26H26N6O/c1-3-22(19-9-5-4-6-10-19)26(33)31-21-14-12-20(13-15-21)30-24-17-25(29-18(2)28-24)32-23-11-7-8-16-27-23/h4-17,22H,3H2,1-2H3,(H,31,33)(H2,27,28,29,30,32). The zero-order valence-electron chi connectivity index (χ0n) is 18.6. The number of nitrogens with zero attached hydrogens (tertiary/aromatic N) is 3. The molecule has 1 amide bonds. The van der Waals surface area contributed by atoms with Crippen LogP contribution in [0.5, 0.6) is 0 Å². The molecule has 0 saturated carbocycles. The van der Waals surface area contributed by atoms with E-state index in [0.29, 0.717) is 23.3 Å². The molecule has 2 aromatic heterocycles. The molecule has 0 radical (unpaired) electrons. The lowest BCUT2D eigenvalue weighted by molar-refractivity contribution is -0.117. The molecule has 4 rings (SSSR count). The number of rotatable bonds is 8. The minimum atomic E-state index is -0.182. The minimum absolute atomic E-state index is 0.0129. The molecule has 3 N–H and O–H groups in total. The fourth-order valence-electron chi connectivity index (χ4n) is 3.54. The minimum Gasteiger partial charge on any atom is -0.340 e. The van der Waals surface area contributed by atoms with Crippen LogP contribution in [0.15, 0.2) is 85.1 Å². The first-order valence-corrected chi connectivity index (χ1v) is 10.9. The van der Waals surface area contributed by atoms with Crippen LogP contribution in [0, 0.1) is 6.92 Å². The molecule has 1 atom stereocenters. The second-order valence-electron chi connectivity index (χ2n) is 7.59. The summed E-state index contributed by atoms with van der Waals surface area (Å²) in [5, 5.41) is 9.49. The lowest BCUT2D eigenvalue weighted by atomic mass is 9.95. The maximum Gasteiger partial charge on any atom is 0.231 e. The zero-order valence-corrected chi connectivity index (χ0v) is 18.6. The molecular weight excluding hydrogens is 412 g/mol. The summed E-state index contributed by atoms with van der Waals surface area (Å²) in [4.78, 5) is 25.9. The second kappa shape index (κ2) is 10.4. The van der Waals surface area contributed by atoms with Gasteiger partial charge in [-0.05, 0) is 55.3 Å². The summed E-state index contributed by atoms with van der Waals surface area (Å²) < 4.78 is 0. The Morgan fingerprint density at radius 1 is 0.818 bits per heavy atom. The summed E-state index contributed by atoms with van der Waals surface area (Å²) in [5.41, 5.74) is 2.62. The van der Waals surface area contributed by atoms with Crippen molar-refractivity contribution in [2.45, 2.75) is 26.2 Å². The Balaban J connectivity index is 1.42. The van der Waals surface area contributed by atoms with Crippen LogP contribution in [0.3, 0.4) is 0 Å². The molecule has 7 nitrogen and oxygen atoms in total. The number of anilines is 5. The van der Waals surface area contributed by atoms with E-state index >= 15 is 0 Å². The Labute approximate surface area is 193 Å². The van der Waals surface area contributed by atoms with Gasteiger partial charge >= 0.3 is 0 Å². The fraction of sp³-hybridized carbons (Fsp3) is 0.154. The van der Waals surface area contributed by atoms with Gasteiger partial charge < -0.3 is 16.0 Å². The number of hydrogen-bond donors (Lipinski definition) is 3. The number of carbonyl (C=O) groups excluding carboxylic acids is 1. The Morgan fingerprint density at radius 3 is 2.15 bits per heavy atom. The van der Waals surface area contributed by atoms with Gasteiger partial charge in [0.15, 0.2) is 0 Å². The molecule has 0 fully saturated rings. The van der Waals surface area contributed by atoms with Gasteiger partial charge in [0.05, 0.1) is 5.92 Å². The molecule has 0 saturated heterocycles. The lowest BCUT2D eigenvalue weighted by Gasteiger charge is -2.16. The molecule has 0 bridgehead atoms. The van der Waals surface area contributed by atoms with Crippen LogP contribution in [0.25, 0.3) is 0 Å². The van der Waals surface area contributed by atoms with E-state index in [1.807, 2.05) is 92.7 Å². The molecule has 0 aliphatic carbocycles. The van der Waals surface area contributed by atoms with Crippen molar-refractivity contribution in [1.82, 2.24) is 15.0 Å². The summed E-state index contributed by atoms with van der Waals surface area (Å²) in [6.45, 7) is 3.86. The van der Waals surface area contributed by atoms with Gasteiger partial charge in [-0.3, -0.25) is 4.79 Å². The van der Waals surface area contributed by atoms with Crippen molar-refractivity contribution in [3.05, 3.63) is 96.4 Å². The van der Waals surface area contributed by atoms with Crippen molar-refractivity contribution in [3.63, 3.8) is 0 Å². The molecule has 0 aliphatic rings. The summed E-state index contributed by atoms with van der Waals surface area (Å²) >= 11 is 0. The summed E-state index contributed by atoms with van der Waals surface area (Å²) in [6.07, 6.45) is 2.45. The molecule has 4 aromatic rings. The van der Waals surface area contributed by atoms with E-state index in [0.717, 1.165) is 23.4 Å². The van der Waals surface area contributed by atoms with E-state index in [4.69, 9.17) is 0 Å². The van der Waals surface area contributed by atoms with Gasteiger partial charge in [-0.15, -0.1) is 0 Å². The van der Waals surface area contributed by atoms with Gasteiger partial charge in [-0.25, -0.2) is 15.0 Å². The molecule has 1 unspecified atom stereocenters. The van der Waals surface area contributed by atoms with Gasteiger partial charge in [0.2, 0.25) is 5.91 Å². The number of benzene rings is 2. The number of hydrogen-bond acceptors (Lipinski definition) is 6. The smallest absolute Gasteiger partial charge is 0.231 e. The van der Waals surface area contributed by atoms with Crippen molar-refractivity contribution >= 4 is 34.7 Å². The third kappa shape index (κ3) is 5.92. The molecule has 2 aromatic carbocycles. The van der Waals surface area contributed by atoms with E-state index < -0.39 is 0 Å². The average Bonchev–Trinajstić information content (AvgIpc) is 2.82. The van der Waals surface area contributed by atoms with E-state index in [1.165, 1.54) is 0 Å². The average molecular weight is 439 g/mol. The highest BCUT2D eigenvalue weighted by atomic mass is 16.1. The van der Waals surface area contributed by atoms with Crippen molar-refractivity contribution in [3.8, 4) is 0 Å². The van der Waals surface area contributed by atoms with Crippen LogP contribution in [0.4, 0.5) is 28.8 Å². The third-order valence-corrected chi connectivity index (χ3v) is 5.11. The molecule has 166 valence electrons. The fourth-order valence-corrected chi connectivity index (χ4v) is 3.54. The van der Waals surface area contributed by atoms with Crippen LogP contribution < -0.4 is 16.0 Å². The van der Waals surface area contributed by atoms with Gasteiger partial charge in [-0.1, -0.05) is 43.3 Å². The van der Waals surface area contributed by atoms with Gasteiger partial charge in [0.1, 0.15) is 23.3 Å². The van der Waals surface area contributed by atoms with E-state index in [1.54, 1.807) is 6.20 Å². The first kappa shape index (κ1) is 22.0. The van der Waals surface area contributed by atoms with Crippen LogP contribution in [-0.2, 0) is 4.79 Å². The Kier molecular flexibility index (Phi) is 6.90. The van der Waals surface area contributed by atoms with Crippen LogP contribution in [0.2, 0.25) is 0 Å². The lowest BCUT2D eigenvalue weighted by Crippen LogP contribution is -2.20. The van der Waals surface area contributed by atoms with Crippen molar-refractivity contribution in [2.75, 3.05) is 16.0 Å². The zero-order chi connectivity index (χ0) is 23.0. The topological polar surface area (TPSA) is 91.8 Å².